The number of aliphatic hydroxyl groups is 5. The smallest absolute Gasteiger partial charge is 0.305 e. The summed E-state index contributed by atoms with van der Waals surface area (Å²) in [4.78, 5) is 25.1. The van der Waals surface area contributed by atoms with Gasteiger partial charge < -0.3 is 45.1 Å². The maximum atomic E-state index is 13.0. The zero-order valence-electron chi connectivity index (χ0n) is 45.0. The first-order chi connectivity index (χ1) is 34.2. The lowest BCUT2D eigenvalue weighted by atomic mass is 9.99. The Morgan fingerprint density at radius 3 is 1.47 bits per heavy atom. The molecule has 6 N–H and O–H groups in total. The number of unbranched alkanes of at least 4 members (excludes halogenated alkanes) is 32. The fraction of sp³-hybridized carbons (Fsp3) is 0.864. The van der Waals surface area contributed by atoms with Gasteiger partial charge in [-0.2, -0.15) is 0 Å². The van der Waals surface area contributed by atoms with Crippen molar-refractivity contribution in [3.8, 4) is 0 Å². The van der Waals surface area contributed by atoms with Crippen LogP contribution in [0, 0.1) is 0 Å². The van der Waals surface area contributed by atoms with Crippen LogP contribution in [-0.4, -0.2) is 100 Å². The Bertz CT molecular complexity index is 1260. The Labute approximate surface area is 428 Å². The van der Waals surface area contributed by atoms with Crippen molar-refractivity contribution in [3.63, 3.8) is 0 Å². The van der Waals surface area contributed by atoms with Crippen LogP contribution in [0.25, 0.3) is 0 Å². The van der Waals surface area contributed by atoms with Crippen LogP contribution in [0.15, 0.2) is 36.5 Å². The Kier molecular flexibility index (Phi) is 46.2. The van der Waals surface area contributed by atoms with E-state index in [1.54, 1.807) is 6.08 Å². The van der Waals surface area contributed by atoms with E-state index in [4.69, 9.17) is 14.2 Å². The molecule has 0 saturated carbocycles. The summed E-state index contributed by atoms with van der Waals surface area (Å²) in [5, 5.41) is 54.2. The Hall–Kier alpha value is -2.12. The largest absolute Gasteiger partial charge is 0.466 e. The van der Waals surface area contributed by atoms with E-state index >= 15 is 0 Å². The van der Waals surface area contributed by atoms with Gasteiger partial charge in [0.25, 0.3) is 0 Å². The van der Waals surface area contributed by atoms with Crippen LogP contribution >= 0.6 is 0 Å². The summed E-state index contributed by atoms with van der Waals surface area (Å²) in [6, 6.07) is -0.817. The number of rotatable bonds is 50. The van der Waals surface area contributed by atoms with E-state index in [1.807, 2.05) is 6.08 Å². The molecule has 410 valence electrons. The molecule has 11 nitrogen and oxygen atoms in total. The highest BCUT2D eigenvalue weighted by molar-refractivity contribution is 5.76. The summed E-state index contributed by atoms with van der Waals surface area (Å²) < 4.78 is 16.7. The molecule has 0 aromatic rings. The lowest BCUT2D eigenvalue weighted by Gasteiger charge is -2.40. The maximum Gasteiger partial charge on any atom is 0.305 e. The second-order valence-corrected chi connectivity index (χ2v) is 20.3. The molecule has 1 fully saturated rings. The standard InChI is InChI=1S/C59H109NO10/c1-3-5-7-9-11-13-14-15-16-17-18-19-20-24-27-31-35-39-43-47-55(64)68-48-44-40-36-32-28-25-22-21-23-26-30-34-38-42-46-54(63)60-51(52(62)45-41-37-33-29-12-10-8-6-4-2)50-69-59-58(67)57(66)56(65)53(49-61)70-59/h11,13,15-16,41,45,51-53,56-59,61-62,65-67H,3-10,12,14,17-40,42-44,46-50H2,1-2H3,(H,60,63)/b13-11-,16-15-,45-41+. The molecule has 0 bridgehead atoms. The summed E-state index contributed by atoms with van der Waals surface area (Å²) >= 11 is 0. The van der Waals surface area contributed by atoms with Crippen molar-refractivity contribution < 1.29 is 49.3 Å². The highest BCUT2D eigenvalue weighted by Gasteiger charge is 2.44. The quantitative estimate of drug-likeness (QED) is 0.0195. The van der Waals surface area contributed by atoms with Gasteiger partial charge in [-0.25, -0.2) is 0 Å². The zero-order valence-corrected chi connectivity index (χ0v) is 45.0. The van der Waals surface area contributed by atoms with Crippen LogP contribution in [0.4, 0.5) is 0 Å². The normalized spacial score (nSPS) is 19.4. The number of esters is 1. The van der Waals surface area contributed by atoms with Crippen LogP contribution < -0.4 is 5.32 Å². The van der Waals surface area contributed by atoms with Gasteiger partial charge >= 0.3 is 5.97 Å². The Morgan fingerprint density at radius 1 is 0.529 bits per heavy atom. The highest BCUT2D eigenvalue weighted by Crippen LogP contribution is 2.23. The lowest BCUT2D eigenvalue weighted by Crippen LogP contribution is -2.60. The van der Waals surface area contributed by atoms with Crippen molar-refractivity contribution in [1.82, 2.24) is 5.32 Å². The van der Waals surface area contributed by atoms with Crippen LogP contribution in [0.1, 0.15) is 264 Å². The van der Waals surface area contributed by atoms with Gasteiger partial charge in [-0.05, 0) is 64.2 Å². The number of ether oxygens (including phenoxy) is 3. The summed E-state index contributed by atoms with van der Waals surface area (Å²) in [5.74, 6) is -0.222. The SMILES string of the molecule is CCCCC/C=C\C/C=C\CCCCCCCCCCCC(=O)OCCCCCCCCCCCCCCCCC(=O)NC(COC1OC(CO)C(O)C(O)C1O)C(O)/C=C/CCCCCCCCC. The van der Waals surface area contributed by atoms with Gasteiger partial charge in [0, 0.05) is 12.8 Å². The van der Waals surface area contributed by atoms with Crippen molar-refractivity contribution >= 4 is 11.9 Å². The van der Waals surface area contributed by atoms with E-state index in [-0.39, 0.29) is 18.5 Å². The molecule has 0 aromatic heterocycles. The van der Waals surface area contributed by atoms with Gasteiger partial charge in [-0.15, -0.1) is 0 Å². The van der Waals surface area contributed by atoms with E-state index < -0.39 is 49.5 Å². The third kappa shape index (κ3) is 38.5. The second-order valence-electron chi connectivity index (χ2n) is 20.3. The van der Waals surface area contributed by atoms with Crippen molar-refractivity contribution in [2.45, 2.75) is 307 Å². The predicted molar refractivity (Wildman–Crippen MR) is 287 cm³/mol. The molecular formula is C59H109NO10. The monoisotopic (exact) mass is 992 g/mol. The number of carbonyl (C=O) groups is 2. The average Bonchev–Trinajstić information content (AvgIpc) is 3.36. The minimum Gasteiger partial charge on any atom is -0.466 e. The van der Waals surface area contributed by atoms with Crippen molar-refractivity contribution in [2.75, 3.05) is 19.8 Å². The number of carbonyl (C=O) groups excluding carboxylic acids is 2. The maximum absolute atomic E-state index is 13.0. The van der Waals surface area contributed by atoms with Gasteiger partial charge in [-0.3, -0.25) is 9.59 Å². The number of amides is 1. The third-order valence-electron chi connectivity index (χ3n) is 13.7. The minimum absolute atomic E-state index is 0.0270. The van der Waals surface area contributed by atoms with Crippen molar-refractivity contribution in [3.05, 3.63) is 36.5 Å². The fourth-order valence-electron chi connectivity index (χ4n) is 9.05. The average molecular weight is 993 g/mol. The molecule has 0 spiro atoms. The Morgan fingerprint density at radius 2 is 0.957 bits per heavy atom. The molecule has 1 saturated heterocycles. The van der Waals surface area contributed by atoms with Crippen molar-refractivity contribution in [1.29, 1.82) is 0 Å². The summed E-state index contributed by atoms with van der Waals surface area (Å²) in [6.45, 7) is 4.25. The van der Waals surface area contributed by atoms with Crippen LogP contribution in [-0.2, 0) is 23.8 Å². The molecule has 1 aliphatic heterocycles. The predicted octanol–water partition coefficient (Wildman–Crippen LogP) is 13.1. The summed E-state index contributed by atoms with van der Waals surface area (Å²) in [7, 11) is 0. The first-order valence-electron chi connectivity index (χ1n) is 29.3. The molecule has 11 heteroatoms. The van der Waals surface area contributed by atoms with E-state index in [9.17, 15) is 35.1 Å². The first-order valence-corrected chi connectivity index (χ1v) is 29.3. The van der Waals surface area contributed by atoms with Gasteiger partial charge in [0.05, 0.1) is 32.0 Å². The third-order valence-corrected chi connectivity index (χ3v) is 13.7. The molecule has 0 aliphatic carbocycles. The van der Waals surface area contributed by atoms with E-state index in [2.05, 4.69) is 43.5 Å². The summed E-state index contributed by atoms with van der Waals surface area (Å²) in [6.07, 6.45) is 49.5. The Balaban J connectivity index is 2.03. The van der Waals surface area contributed by atoms with E-state index in [0.717, 1.165) is 77.0 Å². The van der Waals surface area contributed by atoms with Crippen molar-refractivity contribution in [2.24, 2.45) is 0 Å². The highest BCUT2D eigenvalue weighted by atomic mass is 16.7. The zero-order chi connectivity index (χ0) is 51.0. The van der Waals surface area contributed by atoms with Gasteiger partial charge in [0.1, 0.15) is 24.4 Å². The number of nitrogens with one attached hydrogen (secondary N) is 1. The molecule has 1 heterocycles. The molecule has 1 aliphatic rings. The molecule has 7 unspecified atom stereocenters. The van der Waals surface area contributed by atoms with Crippen LogP contribution in [0.5, 0.6) is 0 Å². The fourth-order valence-corrected chi connectivity index (χ4v) is 9.05. The van der Waals surface area contributed by atoms with Crippen LogP contribution in [0.2, 0.25) is 0 Å². The number of hydrogen-bond acceptors (Lipinski definition) is 10. The molecule has 1 rings (SSSR count). The molecule has 7 atom stereocenters. The second kappa shape index (κ2) is 49.1. The summed E-state index contributed by atoms with van der Waals surface area (Å²) in [5.41, 5.74) is 0. The molecule has 0 radical (unpaired) electrons. The van der Waals surface area contributed by atoms with E-state index in [0.29, 0.717) is 19.4 Å². The van der Waals surface area contributed by atoms with Gasteiger partial charge in [-0.1, -0.05) is 224 Å². The first kappa shape index (κ1) is 65.9. The van der Waals surface area contributed by atoms with Gasteiger partial charge in [0.2, 0.25) is 5.91 Å². The number of allylic oxidation sites excluding steroid dienone is 5. The van der Waals surface area contributed by atoms with Gasteiger partial charge in [0.15, 0.2) is 6.29 Å². The lowest BCUT2D eigenvalue weighted by molar-refractivity contribution is -0.302. The van der Waals surface area contributed by atoms with E-state index in [1.165, 1.54) is 161 Å². The molecular weight excluding hydrogens is 883 g/mol. The molecule has 70 heavy (non-hydrogen) atoms. The number of aliphatic hydroxyl groups excluding tert-OH is 5. The number of hydrogen-bond donors (Lipinski definition) is 6. The molecule has 1 amide bonds. The minimum atomic E-state index is -1.57. The molecule has 0 aromatic carbocycles. The van der Waals surface area contributed by atoms with Crippen LogP contribution in [0.3, 0.4) is 0 Å². The topological polar surface area (TPSA) is 175 Å².